The van der Waals surface area contributed by atoms with Crippen molar-refractivity contribution in [3.63, 3.8) is 0 Å². The highest BCUT2D eigenvalue weighted by atomic mass is 79.9. The van der Waals surface area contributed by atoms with Gasteiger partial charge in [0.05, 0.1) is 5.02 Å². The summed E-state index contributed by atoms with van der Waals surface area (Å²) in [5, 5.41) is 2.84. The average Bonchev–Trinajstić information content (AvgIpc) is 2.93. The summed E-state index contributed by atoms with van der Waals surface area (Å²) in [6.45, 7) is 0. The summed E-state index contributed by atoms with van der Waals surface area (Å²) in [6.07, 6.45) is 10.0. The number of hydrogen-bond donors (Lipinski definition) is 0. The lowest BCUT2D eigenvalue weighted by Crippen LogP contribution is -2.35. The van der Waals surface area contributed by atoms with E-state index in [2.05, 4.69) is 42.9 Å². The Morgan fingerprint density at radius 2 is 1.94 bits per heavy atom. The van der Waals surface area contributed by atoms with Crippen molar-refractivity contribution in [3.05, 3.63) is 29.0 Å². The Kier molecular flexibility index (Phi) is 5.52. The molecule has 0 spiro atoms. The fraction of sp³-hybridized carbons (Fsp3) is 0.643. The van der Waals surface area contributed by atoms with Gasteiger partial charge < -0.3 is 0 Å². The van der Waals surface area contributed by atoms with E-state index < -0.39 is 0 Å². The normalized spacial score (nSPS) is 17.3. The molecule has 0 bridgehead atoms. The van der Waals surface area contributed by atoms with Gasteiger partial charge in [0.25, 0.3) is 0 Å². The van der Waals surface area contributed by atoms with Gasteiger partial charge >= 0.3 is 0 Å². The molecule has 1 saturated carbocycles. The minimum atomic E-state index is 0.279. The zero-order valence-electron chi connectivity index (χ0n) is 10.3. The van der Waals surface area contributed by atoms with Crippen LogP contribution in [0.1, 0.15) is 31.2 Å². The summed E-state index contributed by atoms with van der Waals surface area (Å²) in [7, 11) is 0. The van der Waals surface area contributed by atoms with Crippen molar-refractivity contribution in [2.45, 2.75) is 32.1 Å². The van der Waals surface area contributed by atoms with Crippen LogP contribution in [0.15, 0.2) is 18.5 Å². The van der Waals surface area contributed by atoms with Crippen molar-refractivity contribution in [1.29, 1.82) is 0 Å². The molecule has 1 aromatic heterocycles. The van der Waals surface area contributed by atoms with Gasteiger partial charge in [0.1, 0.15) is 0 Å². The lowest BCUT2D eigenvalue weighted by molar-refractivity contribution is 0.233. The fourth-order valence-electron chi connectivity index (χ4n) is 2.96. The summed E-state index contributed by atoms with van der Waals surface area (Å²) in [4.78, 5) is 4.07. The Labute approximate surface area is 131 Å². The molecule has 0 saturated heterocycles. The number of alkyl halides is 2. The fourth-order valence-corrected chi connectivity index (χ4v) is 5.38. The minimum absolute atomic E-state index is 0.279. The Morgan fingerprint density at radius 1 is 1.28 bits per heavy atom. The quantitative estimate of drug-likeness (QED) is 0.621. The van der Waals surface area contributed by atoms with E-state index in [0.29, 0.717) is 0 Å². The highest BCUT2D eigenvalue weighted by Gasteiger charge is 2.38. The van der Waals surface area contributed by atoms with E-state index in [4.69, 9.17) is 11.6 Å². The van der Waals surface area contributed by atoms with Crippen LogP contribution in [-0.4, -0.2) is 15.6 Å². The highest BCUT2D eigenvalue weighted by molar-refractivity contribution is 9.09. The van der Waals surface area contributed by atoms with E-state index in [-0.39, 0.29) is 5.41 Å². The number of rotatable bonds is 5. The molecule has 1 fully saturated rings. The molecular formula is C14H18Br2ClN. The molecule has 1 nitrogen and oxygen atoms in total. The van der Waals surface area contributed by atoms with Crippen molar-refractivity contribution < 1.29 is 0 Å². The molecule has 0 aromatic carbocycles. The Hall–Kier alpha value is 0.400. The smallest absolute Gasteiger partial charge is 0.0621 e. The summed E-state index contributed by atoms with van der Waals surface area (Å²) in [5.41, 5.74) is 1.50. The van der Waals surface area contributed by atoms with Gasteiger partial charge in [0.15, 0.2) is 0 Å². The van der Waals surface area contributed by atoms with Crippen molar-refractivity contribution in [1.82, 2.24) is 4.98 Å². The molecule has 100 valence electrons. The number of pyridine rings is 1. The highest BCUT2D eigenvalue weighted by Crippen LogP contribution is 2.45. The van der Waals surface area contributed by atoms with Crippen LogP contribution in [0.2, 0.25) is 5.02 Å². The summed E-state index contributed by atoms with van der Waals surface area (Å²) < 4.78 is 0. The molecular weight excluding hydrogens is 377 g/mol. The predicted molar refractivity (Wildman–Crippen MR) is 84.9 cm³/mol. The monoisotopic (exact) mass is 393 g/mol. The molecule has 1 aromatic rings. The van der Waals surface area contributed by atoms with Crippen molar-refractivity contribution in [2.75, 3.05) is 10.7 Å². The van der Waals surface area contributed by atoms with Crippen LogP contribution >= 0.6 is 43.5 Å². The van der Waals surface area contributed by atoms with Crippen LogP contribution in [0.3, 0.4) is 0 Å². The molecule has 0 radical (unpaired) electrons. The van der Waals surface area contributed by atoms with Crippen molar-refractivity contribution in [3.8, 4) is 0 Å². The SMILES string of the molecule is Clc1cnccc1CC(CBr)(CBr)C1CCCC1. The zero-order chi connectivity index (χ0) is 13.0. The van der Waals surface area contributed by atoms with Crippen molar-refractivity contribution in [2.24, 2.45) is 11.3 Å². The molecule has 0 aliphatic heterocycles. The van der Waals surface area contributed by atoms with E-state index in [1.807, 2.05) is 6.20 Å². The van der Waals surface area contributed by atoms with Gasteiger partial charge in [-0.3, -0.25) is 4.98 Å². The van der Waals surface area contributed by atoms with Gasteiger partial charge in [-0.25, -0.2) is 0 Å². The maximum absolute atomic E-state index is 6.26. The van der Waals surface area contributed by atoms with Gasteiger partial charge in [-0.15, -0.1) is 0 Å². The lowest BCUT2D eigenvalue weighted by Gasteiger charge is -2.36. The van der Waals surface area contributed by atoms with Gasteiger partial charge in [-0.1, -0.05) is 56.3 Å². The maximum atomic E-state index is 6.26. The maximum Gasteiger partial charge on any atom is 0.0621 e. The molecule has 2 rings (SSSR count). The molecule has 0 atom stereocenters. The van der Waals surface area contributed by atoms with E-state index in [9.17, 15) is 0 Å². The van der Waals surface area contributed by atoms with Crippen LogP contribution in [0.4, 0.5) is 0 Å². The first-order valence-electron chi connectivity index (χ1n) is 6.42. The molecule has 0 amide bonds. The third-order valence-electron chi connectivity index (χ3n) is 4.15. The van der Waals surface area contributed by atoms with E-state index in [0.717, 1.165) is 28.0 Å². The summed E-state index contributed by atoms with van der Waals surface area (Å²) in [5.74, 6) is 0.792. The van der Waals surface area contributed by atoms with Gasteiger partial charge in [-0.05, 0) is 42.2 Å². The molecule has 0 unspecified atom stereocenters. The average molecular weight is 396 g/mol. The number of nitrogens with zero attached hydrogens (tertiary/aromatic N) is 1. The third kappa shape index (κ3) is 3.10. The van der Waals surface area contributed by atoms with Crippen molar-refractivity contribution >= 4 is 43.5 Å². The van der Waals surface area contributed by atoms with E-state index in [1.54, 1.807) is 6.20 Å². The Bertz CT molecular complexity index is 387. The number of hydrogen-bond acceptors (Lipinski definition) is 1. The molecule has 0 N–H and O–H groups in total. The first-order chi connectivity index (χ1) is 8.72. The zero-order valence-corrected chi connectivity index (χ0v) is 14.3. The van der Waals surface area contributed by atoms with E-state index >= 15 is 0 Å². The Morgan fingerprint density at radius 3 is 2.50 bits per heavy atom. The first kappa shape index (κ1) is 14.8. The van der Waals surface area contributed by atoms with Gasteiger partial charge in [-0.2, -0.15) is 0 Å². The largest absolute Gasteiger partial charge is 0.263 e. The second-order valence-electron chi connectivity index (χ2n) is 5.25. The number of aromatic nitrogens is 1. The summed E-state index contributed by atoms with van der Waals surface area (Å²) >= 11 is 13.7. The second kappa shape index (κ2) is 6.71. The molecule has 1 aliphatic rings. The van der Waals surface area contributed by atoms with Crippen LogP contribution in [0.5, 0.6) is 0 Å². The lowest BCUT2D eigenvalue weighted by atomic mass is 9.73. The summed E-state index contributed by atoms with van der Waals surface area (Å²) in [6, 6.07) is 2.05. The molecule has 4 heteroatoms. The first-order valence-corrected chi connectivity index (χ1v) is 9.04. The minimum Gasteiger partial charge on any atom is -0.263 e. The second-order valence-corrected chi connectivity index (χ2v) is 6.78. The van der Waals surface area contributed by atoms with Crippen LogP contribution in [0, 0.1) is 11.3 Å². The van der Waals surface area contributed by atoms with E-state index in [1.165, 1.54) is 31.2 Å². The molecule has 1 heterocycles. The van der Waals surface area contributed by atoms with Crippen LogP contribution < -0.4 is 0 Å². The van der Waals surface area contributed by atoms with Crippen LogP contribution in [0.25, 0.3) is 0 Å². The number of halogens is 3. The topological polar surface area (TPSA) is 12.9 Å². The standard InChI is InChI=1S/C14H18Br2ClN/c15-9-14(10-16,12-3-1-2-4-12)7-11-5-6-18-8-13(11)17/h5-6,8,12H,1-4,7,9-10H2. The van der Waals surface area contributed by atoms with Gasteiger partial charge in [0, 0.05) is 23.1 Å². The molecule has 1 aliphatic carbocycles. The Balaban J connectivity index is 2.22. The predicted octanol–water partition coefficient (Wildman–Crippen LogP) is 5.24. The molecule has 18 heavy (non-hydrogen) atoms. The van der Waals surface area contributed by atoms with Crippen LogP contribution in [-0.2, 0) is 6.42 Å². The van der Waals surface area contributed by atoms with Gasteiger partial charge in [0.2, 0.25) is 0 Å². The third-order valence-corrected chi connectivity index (χ3v) is 6.73.